The third-order valence-electron chi connectivity index (χ3n) is 2.62. The number of hydrogen-bond acceptors (Lipinski definition) is 5. The Morgan fingerprint density at radius 2 is 1.75 bits per heavy atom. The SMILES string of the molecule is CCOC(=O)[C@H](C)NC(=O)COc1ccccc1OCC(F)(F)F. The molecule has 0 saturated heterocycles. The van der Waals surface area contributed by atoms with Gasteiger partial charge in [0.2, 0.25) is 0 Å². The summed E-state index contributed by atoms with van der Waals surface area (Å²) in [6.07, 6.45) is -4.49. The third-order valence-corrected chi connectivity index (χ3v) is 2.62. The molecule has 0 aliphatic rings. The minimum Gasteiger partial charge on any atom is -0.480 e. The monoisotopic (exact) mass is 349 g/mol. The minimum absolute atomic E-state index is 0.0133. The van der Waals surface area contributed by atoms with Gasteiger partial charge in [0.25, 0.3) is 5.91 Å². The Morgan fingerprint density at radius 1 is 1.17 bits per heavy atom. The maximum absolute atomic E-state index is 12.2. The molecule has 6 nitrogen and oxygen atoms in total. The second-order valence-electron chi connectivity index (χ2n) is 4.68. The summed E-state index contributed by atoms with van der Waals surface area (Å²) in [7, 11) is 0. The molecule has 24 heavy (non-hydrogen) atoms. The van der Waals surface area contributed by atoms with Crippen LogP contribution in [-0.2, 0) is 14.3 Å². The molecule has 1 N–H and O–H groups in total. The highest BCUT2D eigenvalue weighted by molar-refractivity contribution is 5.84. The predicted octanol–water partition coefficient (Wildman–Crippen LogP) is 2.07. The van der Waals surface area contributed by atoms with Crippen molar-refractivity contribution < 1.29 is 37.0 Å². The molecule has 0 aliphatic heterocycles. The Kier molecular flexibility index (Phi) is 7.34. The van der Waals surface area contributed by atoms with E-state index < -0.39 is 37.3 Å². The van der Waals surface area contributed by atoms with Crippen LogP contribution in [0.2, 0.25) is 0 Å². The van der Waals surface area contributed by atoms with Gasteiger partial charge in [0.05, 0.1) is 6.61 Å². The number of rotatable bonds is 8. The number of amides is 1. The quantitative estimate of drug-likeness (QED) is 0.728. The molecule has 1 amide bonds. The Bertz CT molecular complexity index is 562. The molecule has 134 valence electrons. The normalized spacial score (nSPS) is 12.2. The molecule has 0 bridgehead atoms. The number of ether oxygens (including phenoxy) is 3. The largest absolute Gasteiger partial charge is 0.480 e. The summed E-state index contributed by atoms with van der Waals surface area (Å²) in [5, 5.41) is 2.35. The van der Waals surface area contributed by atoms with Gasteiger partial charge in [-0.25, -0.2) is 4.79 Å². The average Bonchev–Trinajstić information content (AvgIpc) is 2.51. The first-order valence-electron chi connectivity index (χ1n) is 7.10. The molecule has 0 radical (unpaired) electrons. The molecule has 1 aromatic rings. The van der Waals surface area contributed by atoms with Crippen LogP contribution < -0.4 is 14.8 Å². The second kappa shape index (κ2) is 8.99. The summed E-state index contributed by atoms with van der Waals surface area (Å²) in [4.78, 5) is 23.1. The van der Waals surface area contributed by atoms with E-state index in [0.29, 0.717) is 0 Å². The van der Waals surface area contributed by atoms with Crippen molar-refractivity contribution in [3.8, 4) is 11.5 Å². The molecule has 1 atom stereocenters. The van der Waals surface area contributed by atoms with Crippen LogP contribution in [-0.4, -0.2) is 43.9 Å². The summed E-state index contributed by atoms with van der Waals surface area (Å²) in [5.41, 5.74) is 0. The molecule has 0 fully saturated rings. The van der Waals surface area contributed by atoms with Crippen LogP contribution in [0.3, 0.4) is 0 Å². The van der Waals surface area contributed by atoms with Crippen LogP contribution in [0, 0.1) is 0 Å². The Morgan fingerprint density at radius 3 is 2.29 bits per heavy atom. The maximum Gasteiger partial charge on any atom is 0.422 e. The van der Waals surface area contributed by atoms with Gasteiger partial charge in [-0.3, -0.25) is 4.79 Å². The number of halogens is 3. The molecule has 1 aromatic carbocycles. The minimum atomic E-state index is -4.49. The van der Waals surface area contributed by atoms with Gasteiger partial charge in [-0.1, -0.05) is 12.1 Å². The lowest BCUT2D eigenvalue weighted by atomic mass is 10.3. The molecule has 1 rings (SSSR count). The van der Waals surface area contributed by atoms with Crippen LogP contribution in [0.25, 0.3) is 0 Å². The summed E-state index contributed by atoms with van der Waals surface area (Å²) >= 11 is 0. The van der Waals surface area contributed by atoms with Crippen molar-refractivity contribution in [2.75, 3.05) is 19.8 Å². The second-order valence-corrected chi connectivity index (χ2v) is 4.68. The van der Waals surface area contributed by atoms with Crippen molar-refractivity contribution in [3.05, 3.63) is 24.3 Å². The van der Waals surface area contributed by atoms with E-state index in [1.165, 1.54) is 31.2 Å². The molecular formula is C15H18F3NO5. The van der Waals surface area contributed by atoms with Crippen LogP contribution >= 0.6 is 0 Å². The van der Waals surface area contributed by atoms with Crippen molar-refractivity contribution in [1.82, 2.24) is 5.32 Å². The predicted molar refractivity (Wildman–Crippen MR) is 77.7 cm³/mol. The van der Waals surface area contributed by atoms with E-state index in [0.717, 1.165) is 0 Å². The highest BCUT2D eigenvalue weighted by atomic mass is 19.4. The average molecular weight is 349 g/mol. The Labute approximate surface area is 136 Å². The molecule has 0 saturated carbocycles. The standard InChI is InChI=1S/C15H18F3NO5/c1-3-22-14(21)10(2)19-13(20)8-23-11-6-4-5-7-12(11)24-9-15(16,17)18/h4-7,10H,3,8-9H2,1-2H3,(H,19,20)/t10-/m0/s1. The highest BCUT2D eigenvalue weighted by Gasteiger charge is 2.29. The van der Waals surface area contributed by atoms with Crippen LogP contribution in [0.4, 0.5) is 13.2 Å². The van der Waals surface area contributed by atoms with E-state index in [4.69, 9.17) is 9.47 Å². The zero-order chi connectivity index (χ0) is 18.2. The third kappa shape index (κ3) is 7.21. The number of para-hydroxylation sites is 2. The van der Waals surface area contributed by atoms with Crippen molar-refractivity contribution in [2.45, 2.75) is 26.1 Å². The van der Waals surface area contributed by atoms with Crippen LogP contribution in [0.5, 0.6) is 11.5 Å². The fourth-order valence-corrected chi connectivity index (χ4v) is 1.60. The molecule has 0 heterocycles. The topological polar surface area (TPSA) is 73.9 Å². The summed E-state index contributed by atoms with van der Waals surface area (Å²) in [6, 6.07) is 4.79. The first-order valence-corrected chi connectivity index (χ1v) is 7.10. The summed E-state index contributed by atoms with van der Waals surface area (Å²) < 4.78 is 51.1. The van der Waals surface area contributed by atoms with Gasteiger partial charge < -0.3 is 19.5 Å². The molecular weight excluding hydrogens is 331 g/mol. The first kappa shape index (κ1) is 19.6. The van der Waals surface area contributed by atoms with E-state index >= 15 is 0 Å². The number of benzene rings is 1. The number of nitrogens with one attached hydrogen (secondary N) is 1. The van der Waals surface area contributed by atoms with Gasteiger partial charge in [0.15, 0.2) is 24.7 Å². The number of alkyl halides is 3. The van der Waals surface area contributed by atoms with E-state index in [1.807, 2.05) is 0 Å². The van der Waals surface area contributed by atoms with Gasteiger partial charge in [-0.05, 0) is 26.0 Å². The van der Waals surface area contributed by atoms with Crippen LogP contribution in [0.1, 0.15) is 13.8 Å². The highest BCUT2D eigenvalue weighted by Crippen LogP contribution is 2.28. The lowest BCUT2D eigenvalue weighted by Gasteiger charge is -2.15. The first-order chi connectivity index (χ1) is 11.2. The molecule has 0 aliphatic carbocycles. The lowest BCUT2D eigenvalue weighted by Crippen LogP contribution is -2.41. The van der Waals surface area contributed by atoms with Gasteiger partial charge >= 0.3 is 12.1 Å². The number of carbonyl (C=O) groups excluding carboxylic acids is 2. The summed E-state index contributed by atoms with van der Waals surface area (Å²) in [6.45, 7) is 1.29. The number of carbonyl (C=O) groups is 2. The molecule has 0 aromatic heterocycles. The van der Waals surface area contributed by atoms with E-state index in [-0.39, 0.29) is 18.1 Å². The zero-order valence-electron chi connectivity index (χ0n) is 13.2. The number of hydrogen-bond donors (Lipinski definition) is 1. The fourth-order valence-electron chi connectivity index (χ4n) is 1.60. The van der Waals surface area contributed by atoms with Gasteiger partial charge in [-0.15, -0.1) is 0 Å². The molecule has 9 heteroatoms. The van der Waals surface area contributed by atoms with Crippen LogP contribution in [0.15, 0.2) is 24.3 Å². The maximum atomic E-state index is 12.2. The molecule has 0 spiro atoms. The zero-order valence-corrected chi connectivity index (χ0v) is 13.2. The fraction of sp³-hybridized carbons (Fsp3) is 0.467. The van der Waals surface area contributed by atoms with Gasteiger partial charge in [0.1, 0.15) is 6.04 Å². The van der Waals surface area contributed by atoms with E-state index in [1.54, 1.807) is 6.92 Å². The van der Waals surface area contributed by atoms with Crippen molar-refractivity contribution in [3.63, 3.8) is 0 Å². The smallest absolute Gasteiger partial charge is 0.422 e. The Hall–Kier alpha value is -2.45. The van der Waals surface area contributed by atoms with Crippen molar-refractivity contribution in [2.24, 2.45) is 0 Å². The van der Waals surface area contributed by atoms with Crippen molar-refractivity contribution in [1.29, 1.82) is 0 Å². The summed E-state index contributed by atoms with van der Waals surface area (Å²) in [5.74, 6) is -1.37. The van der Waals surface area contributed by atoms with E-state index in [9.17, 15) is 22.8 Å². The van der Waals surface area contributed by atoms with E-state index in [2.05, 4.69) is 10.1 Å². The Balaban J connectivity index is 2.55. The van der Waals surface area contributed by atoms with Gasteiger partial charge in [0, 0.05) is 0 Å². The number of esters is 1. The van der Waals surface area contributed by atoms with Gasteiger partial charge in [-0.2, -0.15) is 13.2 Å². The van der Waals surface area contributed by atoms with Crippen molar-refractivity contribution >= 4 is 11.9 Å². The lowest BCUT2D eigenvalue weighted by molar-refractivity contribution is -0.153. The molecule has 0 unspecified atom stereocenters.